The molecule has 0 atom stereocenters. The summed E-state index contributed by atoms with van der Waals surface area (Å²) in [6.45, 7) is 0. The molecule has 0 saturated heterocycles. The molecular formula is C28H15F7N2. The quantitative estimate of drug-likeness (QED) is 0.226. The highest BCUT2D eigenvalue weighted by Gasteiger charge is 2.37. The topological polar surface area (TPSA) is 25.8 Å². The Bertz CT molecular complexity index is 1560. The Morgan fingerprint density at radius 2 is 1.08 bits per heavy atom. The molecule has 0 aliphatic heterocycles. The molecule has 0 saturated carbocycles. The predicted octanol–water partition coefficient (Wildman–Crippen LogP) is 8.81. The van der Waals surface area contributed by atoms with Crippen LogP contribution in [0.1, 0.15) is 11.1 Å². The first-order valence-electron chi connectivity index (χ1n) is 10.9. The Labute approximate surface area is 206 Å². The van der Waals surface area contributed by atoms with Crippen LogP contribution < -0.4 is 0 Å². The van der Waals surface area contributed by atoms with Crippen LogP contribution in [0.5, 0.6) is 0 Å². The summed E-state index contributed by atoms with van der Waals surface area (Å²) in [4.78, 5) is 8.77. The Balaban J connectivity index is 1.48. The van der Waals surface area contributed by atoms with Gasteiger partial charge in [-0.1, -0.05) is 18.2 Å². The highest BCUT2D eigenvalue weighted by Crippen LogP contribution is 2.39. The number of aromatic nitrogens is 2. The van der Waals surface area contributed by atoms with E-state index in [1.165, 1.54) is 24.3 Å². The van der Waals surface area contributed by atoms with Gasteiger partial charge in [-0.2, -0.15) is 26.3 Å². The molecule has 2 nitrogen and oxygen atoms in total. The highest BCUT2D eigenvalue weighted by molar-refractivity contribution is 5.87. The van der Waals surface area contributed by atoms with Crippen LogP contribution in [0.15, 0.2) is 91.3 Å². The van der Waals surface area contributed by atoms with Crippen LogP contribution in [-0.4, -0.2) is 9.97 Å². The second-order valence-electron chi connectivity index (χ2n) is 8.37. The molecule has 0 unspecified atom stereocenters. The third-order valence-corrected chi connectivity index (χ3v) is 5.84. The number of benzene rings is 3. The van der Waals surface area contributed by atoms with Crippen molar-refractivity contribution < 1.29 is 30.7 Å². The number of halogens is 7. The molecule has 0 bridgehead atoms. The van der Waals surface area contributed by atoms with Crippen molar-refractivity contribution in [3.63, 3.8) is 0 Å². The average Bonchev–Trinajstić information content (AvgIpc) is 2.87. The monoisotopic (exact) mass is 512 g/mol. The van der Waals surface area contributed by atoms with E-state index < -0.39 is 23.5 Å². The van der Waals surface area contributed by atoms with Crippen LogP contribution in [0, 0.1) is 5.82 Å². The number of alkyl halides is 6. The molecule has 9 heteroatoms. The Hall–Kier alpha value is -4.27. The smallest absolute Gasteiger partial charge is 0.256 e. The fourth-order valence-corrected chi connectivity index (χ4v) is 3.94. The van der Waals surface area contributed by atoms with Crippen molar-refractivity contribution in [2.75, 3.05) is 0 Å². The maximum Gasteiger partial charge on any atom is 0.416 e. The number of rotatable bonds is 3. The summed E-state index contributed by atoms with van der Waals surface area (Å²) in [5.41, 5.74) is 0.485. The molecule has 37 heavy (non-hydrogen) atoms. The van der Waals surface area contributed by atoms with E-state index in [4.69, 9.17) is 0 Å². The van der Waals surface area contributed by atoms with Gasteiger partial charge in [0.2, 0.25) is 0 Å². The first-order chi connectivity index (χ1) is 17.5. The minimum absolute atomic E-state index is 0.102. The highest BCUT2D eigenvalue weighted by atomic mass is 19.4. The normalized spacial score (nSPS) is 12.2. The molecule has 0 radical (unpaired) electrons. The van der Waals surface area contributed by atoms with E-state index in [0.29, 0.717) is 28.7 Å². The molecule has 0 N–H and O–H groups in total. The van der Waals surface area contributed by atoms with Gasteiger partial charge in [-0.25, -0.2) is 4.39 Å². The van der Waals surface area contributed by atoms with Crippen molar-refractivity contribution in [1.82, 2.24) is 9.97 Å². The standard InChI is InChI=1S/C28H15F7N2/c29-24-6-3-16(4-7-24)25-8-5-19(14-36-25)21-9-18-2-1-17(12-26(18)37-15-21)20-10-22(27(30,31)32)13-23(11-20)28(33,34)35/h1-15H. The summed E-state index contributed by atoms with van der Waals surface area (Å²) < 4.78 is 92.6. The van der Waals surface area contributed by atoms with Crippen LogP contribution in [0.4, 0.5) is 30.7 Å². The van der Waals surface area contributed by atoms with Crippen molar-refractivity contribution in [2.24, 2.45) is 0 Å². The zero-order valence-electron chi connectivity index (χ0n) is 18.7. The fourth-order valence-electron chi connectivity index (χ4n) is 3.94. The number of nitrogens with zero attached hydrogens (tertiary/aromatic N) is 2. The molecule has 0 spiro atoms. The zero-order chi connectivity index (χ0) is 26.4. The molecule has 3 aromatic carbocycles. The summed E-state index contributed by atoms with van der Waals surface area (Å²) in [6, 6.07) is 17.3. The molecule has 0 aliphatic rings. The average molecular weight is 512 g/mol. The van der Waals surface area contributed by atoms with Gasteiger partial charge in [0.15, 0.2) is 0 Å². The first-order valence-corrected chi connectivity index (χ1v) is 10.9. The van der Waals surface area contributed by atoms with Crippen LogP contribution in [0.25, 0.3) is 44.4 Å². The molecular weight excluding hydrogens is 497 g/mol. The molecule has 5 aromatic rings. The van der Waals surface area contributed by atoms with Gasteiger partial charge in [0.25, 0.3) is 0 Å². The summed E-state index contributed by atoms with van der Waals surface area (Å²) in [6.07, 6.45) is -6.67. The third kappa shape index (κ3) is 5.16. The van der Waals surface area contributed by atoms with E-state index in [0.717, 1.165) is 16.7 Å². The lowest BCUT2D eigenvalue weighted by Crippen LogP contribution is -2.11. The minimum atomic E-state index is -4.93. The van der Waals surface area contributed by atoms with Gasteiger partial charge < -0.3 is 0 Å². The van der Waals surface area contributed by atoms with E-state index in [1.807, 2.05) is 6.07 Å². The van der Waals surface area contributed by atoms with Crippen molar-refractivity contribution >= 4 is 10.9 Å². The number of pyridine rings is 2. The zero-order valence-corrected chi connectivity index (χ0v) is 18.7. The number of hydrogen-bond acceptors (Lipinski definition) is 2. The number of hydrogen-bond donors (Lipinski definition) is 0. The van der Waals surface area contributed by atoms with Crippen molar-refractivity contribution in [2.45, 2.75) is 12.4 Å². The van der Waals surface area contributed by atoms with E-state index in [9.17, 15) is 30.7 Å². The summed E-state index contributed by atoms with van der Waals surface area (Å²) in [5, 5.41) is 0.645. The lowest BCUT2D eigenvalue weighted by molar-refractivity contribution is -0.143. The second-order valence-corrected chi connectivity index (χ2v) is 8.37. The van der Waals surface area contributed by atoms with Gasteiger partial charge in [-0.3, -0.25) is 9.97 Å². The predicted molar refractivity (Wildman–Crippen MR) is 126 cm³/mol. The summed E-state index contributed by atoms with van der Waals surface area (Å²) >= 11 is 0. The van der Waals surface area contributed by atoms with Gasteiger partial charge >= 0.3 is 12.4 Å². The van der Waals surface area contributed by atoms with Crippen LogP contribution in [-0.2, 0) is 12.4 Å². The van der Waals surface area contributed by atoms with Gasteiger partial charge in [-0.05, 0) is 71.8 Å². The van der Waals surface area contributed by atoms with Crippen molar-refractivity contribution in [1.29, 1.82) is 0 Å². The lowest BCUT2D eigenvalue weighted by atomic mass is 9.97. The SMILES string of the molecule is Fc1ccc(-c2ccc(-c3cnc4cc(-c5cc(C(F)(F)F)cc(C(F)(F)F)c5)ccc4c3)cn2)cc1. The molecule has 5 rings (SSSR count). The summed E-state index contributed by atoms with van der Waals surface area (Å²) in [5.74, 6) is -0.348. The van der Waals surface area contributed by atoms with Crippen LogP contribution in [0.2, 0.25) is 0 Å². The van der Waals surface area contributed by atoms with E-state index >= 15 is 0 Å². The molecule has 186 valence electrons. The molecule has 0 fully saturated rings. The Kier molecular flexibility index (Phi) is 5.94. The van der Waals surface area contributed by atoms with E-state index in [2.05, 4.69) is 9.97 Å². The minimum Gasteiger partial charge on any atom is -0.256 e. The molecule has 0 amide bonds. The van der Waals surface area contributed by atoms with Crippen molar-refractivity contribution in [3.05, 3.63) is 108 Å². The van der Waals surface area contributed by atoms with Crippen molar-refractivity contribution in [3.8, 4) is 33.5 Å². The van der Waals surface area contributed by atoms with Crippen LogP contribution in [0.3, 0.4) is 0 Å². The fraction of sp³-hybridized carbons (Fsp3) is 0.0714. The van der Waals surface area contributed by atoms with E-state index in [-0.39, 0.29) is 23.0 Å². The van der Waals surface area contributed by atoms with Gasteiger partial charge in [0, 0.05) is 34.5 Å². The van der Waals surface area contributed by atoms with Gasteiger partial charge in [0.05, 0.1) is 22.3 Å². The largest absolute Gasteiger partial charge is 0.416 e. The Morgan fingerprint density at radius 3 is 1.68 bits per heavy atom. The van der Waals surface area contributed by atoms with Gasteiger partial charge in [-0.15, -0.1) is 0 Å². The third-order valence-electron chi connectivity index (χ3n) is 5.84. The lowest BCUT2D eigenvalue weighted by Gasteiger charge is -2.14. The summed E-state index contributed by atoms with van der Waals surface area (Å²) in [7, 11) is 0. The maximum atomic E-state index is 13.2. The second kappa shape index (κ2) is 8.99. The van der Waals surface area contributed by atoms with Gasteiger partial charge in [0.1, 0.15) is 5.82 Å². The Morgan fingerprint density at radius 1 is 0.486 bits per heavy atom. The maximum absolute atomic E-state index is 13.2. The molecule has 0 aliphatic carbocycles. The van der Waals surface area contributed by atoms with E-state index in [1.54, 1.807) is 42.7 Å². The molecule has 2 aromatic heterocycles. The van der Waals surface area contributed by atoms with Crippen LogP contribution >= 0.6 is 0 Å². The first kappa shape index (κ1) is 24.4. The number of fused-ring (bicyclic) bond motifs is 1. The molecule has 2 heterocycles.